The molecule has 0 unspecified atom stereocenters. The van der Waals surface area contributed by atoms with Crippen molar-refractivity contribution in [2.75, 3.05) is 7.05 Å². The smallest absolute Gasteiger partial charge is 0.0763 e. The SMILES string of the molecule is CN1N=Cc2ccccc2[C@@H]1Cc1ccccc1. The van der Waals surface area contributed by atoms with Crippen LogP contribution in [0.15, 0.2) is 59.7 Å². The molecule has 2 aromatic carbocycles. The third kappa shape index (κ3) is 2.02. The van der Waals surface area contributed by atoms with E-state index in [-0.39, 0.29) is 0 Å². The number of likely N-dealkylation sites (N-methyl/N-ethyl adjacent to an activating group) is 1. The summed E-state index contributed by atoms with van der Waals surface area (Å²) in [6.45, 7) is 0. The molecule has 0 bridgehead atoms. The number of hydrogen-bond donors (Lipinski definition) is 0. The van der Waals surface area contributed by atoms with Crippen molar-refractivity contribution in [2.24, 2.45) is 5.10 Å². The van der Waals surface area contributed by atoms with Crippen molar-refractivity contribution >= 4 is 6.21 Å². The fourth-order valence-electron chi connectivity index (χ4n) is 2.45. The Hall–Kier alpha value is -2.09. The lowest BCUT2D eigenvalue weighted by Crippen LogP contribution is -2.26. The van der Waals surface area contributed by atoms with Gasteiger partial charge in [0.2, 0.25) is 0 Å². The normalized spacial score (nSPS) is 17.6. The summed E-state index contributed by atoms with van der Waals surface area (Å²) in [6, 6.07) is 19.4. The molecule has 0 saturated heterocycles. The van der Waals surface area contributed by atoms with E-state index in [2.05, 4.69) is 64.7 Å². The van der Waals surface area contributed by atoms with Gasteiger partial charge in [-0.25, -0.2) is 0 Å². The summed E-state index contributed by atoms with van der Waals surface area (Å²) in [5, 5.41) is 6.51. The van der Waals surface area contributed by atoms with E-state index in [1.807, 2.05) is 13.3 Å². The predicted octanol–water partition coefficient (Wildman–Crippen LogP) is 3.25. The molecule has 1 heterocycles. The van der Waals surface area contributed by atoms with Crippen molar-refractivity contribution in [1.29, 1.82) is 0 Å². The molecule has 0 radical (unpaired) electrons. The molecule has 2 aromatic rings. The summed E-state index contributed by atoms with van der Waals surface area (Å²) in [7, 11) is 2.04. The lowest BCUT2D eigenvalue weighted by Gasteiger charge is -2.30. The molecule has 1 aliphatic heterocycles. The van der Waals surface area contributed by atoms with Crippen LogP contribution in [0.4, 0.5) is 0 Å². The Kier molecular flexibility index (Phi) is 2.85. The first-order valence-electron chi connectivity index (χ1n) is 6.24. The molecule has 1 aliphatic rings. The van der Waals surface area contributed by atoms with E-state index in [4.69, 9.17) is 0 Å². The Morgan fingerprint density at radius 1 is 1.00 bits per heavy atom. The average Bonchev–Trinajstić information content (AvgIpc) is 2.43. The Labute approximate surface area is 108 Å². The van der Waals surface area contributed by atoms with E-state index in [9.17, 15) is 0 Å². The number of hydrogen-bond acceptors (Lipinski definition) is 2. The van der Waals surface area contributed by atoms with Crippen LogP contribution in [0.5, 0.6) is 0 Å². The standard InChI is InChI=1S/C16H16N2/c1-18-16(11-13-7-3-2-4-8-13)15-10-6-5-9-14(15)12-17-18/h2-10,12,16H,11H2,1H3/t16-/m0/s1. The van der Waals surface area contributed by atoms with E-state index >= 15 is 0 Å². The topological polar surface area (TPSA) is 15.6 Å². The van der Waals surface area contributed by atoms with Crippen LogP contribution in [-0.4, -0.2) is 18.3 Å². The van der Waals surface area contributed by atoms with Crippen LogP contribution in [0.2, 0.25) is 0 Å². The van der Waals surface area contributed by atoms with Crippen molar-refractivity contribution in [1.82, 2.24) is 5.01 Å². The van der Waals surface area contributed by atoms with Gasteiger partial charge in [-0.15, -0.1) is 0 Å². The fourth-order valence-corrected chi connectivity index (χ4v) is 2.45. The molecule has 0 saturated carbocycles. The number of hydrazone groups is 1. The van der Waals surface area contributed by atoms with Gasteiger partial charge in [0.25, 0.3) is 0 Å². The molecule has 0 amide bonds. The third-order valence-electron chi connectivity index (χ3n) is 3.46. The van der Waals surface area contributed by atoms with Crippen molar-refractivity contribution in [3.05, 3.63) is 71.3 Å². The van der Waals surface area contributed by atoms with Gasteiger partial charge in [0.1, 0.15) is 0 Å². The van der Waals surface area contributed by atoms with Gasteiger partial charge in [-0.3, -0.25) is 5.01 Å². The minimum absolute atomic E-state index is 0.327. The molecule has 1 atom stereocenters. The first-order valence-corrected chi connectivity index (χ1v) is 6.24. The van der Waals surface area contributed by atoms with E-state index in [0.717, 1.165) is 6.42 Å². The van der Waals surface area contributed by atoms with Gasteiger partial charge >= 0.3 is 0 Å². The van der Waals surface area contributed by atoms with Crippen molar-refractivity contribution in [2.45, 2.75) is 12.5 Å². The second-order valence-electron chi connectivity index (χ2n) is 4.65. The maximum absolute atomic E-state index is 4.46. The van der Waals surface area contributed by atoms with Crippen LogP contribution in [-0.2, 0) is 6.42 Å². The Balaban J connectivity index is 1.94. The summed E-state index contributed by atoms with van der Waals surface area (Å²) in [6.07, 6.45) is 2.93. The zero-order chi connectivity index (χ0) is 12.4. The molecule has 0 fully saturated rings. The molecular formula is C16H16N2. The van der Waals surface area contributed by atoms with Crippen LogP contribution in [0, 0.1) is 0 Å². The quantitative estimate of drug-likeness (QED) is 0.781. The van der Waals surface area contributed by atoms with Gasteiger partial charge < -0.3 is 0 Å². The lowest BCUT2D eigenvalue weighted by molar-refractivity contribution is 0.251. The molecule has 2 nitrogen and oxygen atoms in total. The number of benzene rings is 2. The molecule has 3 rings (SSSR count). The maximum Gasteiger partial charge on any atom is 0.0763 e. The van der Waals surface area contributed by atoms with Crippen molar-refractivity contribution in [3.8, 4) is 0 Å². The largest absolute Gasteiger partial charge is 0.292 e. The summed E-state index contributed by atoms with van der Waals surface area (Å²) in [4.78, 5) is 0. The molecular weight excluding hydrogens is 220 g/mol. The van der Waals surface area contributed by atoms with E-state index in [1.165, 1.54) is 16.7 Å². The Bertz CT molecular complexity index is 560. The lowest BCUT2D eigenvalue weighted by atomic mass is 9.94. The molecule has 90 valence electrons. The van der Waals surface area contributed by atoms with Crippen LogP contribution in [0.3, 0.4) is 0 Å². The van der Waals surface area contributed by atoms with Crippen LogP contribution in [0.25, 0.3) is 0 Å². The number of rotatable bonds is 2. The van der Waals surface area contributed by atoms with Gasteiger partial charge in [0, 0.05) is 7.05 Å². The highest BCUT2D eigenvalue weighted by atomic mass is 15.5. The number of nitrogens with zero attached hydrogens (tertiary/aromatic N) is 2. The Morgan fingerprint density at radius 3 is 2.56 bits per heavy atom. The van der Waals surface area contributed by atoms with E-state index in [1.54, 1.807) is 0 Å². The first-order chi connectivity index (χ1) is 8.84. The average molecular weight is 236 g/mol. The molecule has 0 spiro atoms. The van der Waals surface area contributed by atoms with E-state index < -0.39 is 0 Å². The summed E-state index contributed by atoms with van der Waals surface area (Å²) in [5.41, 5.74) is 3.94. The molecule has 0 aromatic heterocycles. The molecule has 18 heavy (non-hydrogen) atoms. The molecule has 0 N–H and O–H groups in total. The zero-order valence-electron chi connectivity index (χ0n) is 10.5. The predicted molar refractivity (Wildman–Crippen MR) is 74.7 cm³/mol. The van der Waals surface area contributed by atoms with Gasteiger partial charge in [-0.2, -0.15) is 5.10 Å². The van der Waals surface area contributed by atoms with Crippen LogP contribution in [0.1, 0.15) is 22.7 Å². The second kappa shape index (κ2) is 4.65. The minimum Gasteiger partial charge on any atom is -0.292 e. The van der Waals surface area contributed by atoms with E-state index in [0.29, 0.717) is 6.04 Å². The zero-order valence-corrected chi connectivity index (χ0v) is 10.5. The van der Waals surface area contributed by atoms with Crippen molar-refractivity contribution < 1.29 is 0 Å². The van der Waals surface area contributed by atoms with Gasteiger partial charge in [-0.1, -0.05) is 54.6 Å². The fraction of sp³-hybridized carbons (Fsp3) is 0.188. The van der Waals surface area contributed by atoms with Crippen LogP contribution >= 0.6 is 0 Å². The van der Waals surface area contributed by atoms with Gasteiger partial charge in [-0.05, 0) is 23.1 Å². The van der Waals surface area contributed by atoms with Crippen LogP contribution < -0.4 is 0 Å². The highest BCUT2D eigenvalue weighted by molar-refractivity contribution is 5.82. The third-order valence-corrected chi connectivity index (χ3v) is 3.46. The highest BCUT2D eigenvalue weighted by Crippen LogP contribution is 2.29. The summed E-state index contributed by atoms with van der Waals surface area (Å²) in [5.74, 6) is 0. The second-order valence-corrected chi connectivity index (χ2v) is 4.65. The highest BCUT2D eigenvalue weighted by Gasteiger charge is 2.21. The number of fused-ring (bicyclic) bond motifs is 1. The molecule has 2 heteroatoms. The monoisotopic (exact) mass is 236 g/mol. The summed E-state index contributed by atoms with van der Waals surface area (Å²) < 4.78 is 0. The summed E-state index contributed by atoms with van der Waals surface area (Å²) >= 11 is 0. The van der Waals surface area contributed by atoms with Gasteiger partial charge in [0.05, 0.1) is 12.3 Å². The first kappa shape index (κ1) is 11.0. The Morgan fingerprint density at radius 2 is 1.72 bits per heavy atom. The molecule has 0 aliphatic carbocycles. The van der Waals surface area contributed by atoms with Gasteiger partial charge in [0.15, 0.2) is 0 Å². The minimum atomic E-state index is 0.327. The van der Waals surface area contributed by atoms with Crippen molar-refractivity contribution in [3.63, 3.8) is 0 Å². The maximum atomic E-state index is 4.46.